The number of fused-ring (bicyclic) bond motifs is 1. The third-order valence-electron chi connectivity index (χ3n) is 2.04. The molecule has 0 saturated carbocycles. The number of para-hydroxylation sites is 1. The molecule has 2 rings (SSSR count). The van der Waals surface area contributed by atoms with Crippen LogP contribution in [0.2, 0.25) is 0 Å². The molecule has 1 unspecified atom stereocenters. The number of hydrogen-bond acceptors (Lipinski definition) is 3. The van der Waals surface area contributed by atoms with Crippen molar-refractivity contribution in [2.75, 3.05) is 6.61 Å². The van der Waals surface area contributed by atoms with Crippen LogP contribution in [0.1, 0.15) is 18.4 Å². The summed E-state index contributed by atoms with van der Waals surface area (Å²) in [5, 5.41) is 0. The van der Waals surface area contributed by atoms with Crippen LogP contribution in [0, 0.1) is 6.61 Å². The van der Waals surface area contributed by atoms with E-state index in [1.165, 1.54) is 0 Å². The van der Waals surface area contributed by atoms with Crippen molar-refractivity contribution in [2.24, 2.45) is 0 Å². The molecular formula is C11H10O3. The maximum atomic E-state index is 11.4. The second-order valence-electron chi connectivity index (χ2n) is 2.94. The normalized spacial score (nSPS) is 18.5. The van der Waals surface area contributed by atoms with Crippen LogP contribution in [0.5, 0.6) is 5.75 Å². The maximum Gasteiger partial charge on any atom is 0.318 e. The number of rotatable bonds is 2. The quantitative estimate of drug-likeness (QED) is 0.666. The summed E-state index contributed by atoms with van der Waals surface area (Å²) in [4.78, 5) is 11.4. The summed E-state index contributed by atoms with van der Waals surface area (Å²) in [6.45, 7) is 4.78. The van der Waals surface area contributed by atoms with Crippen LogP contribution in [0.3, 0.4) is 0 Å². The van der Waals surface area contributed by atoms with E-state index in [9.17, 15) is 4.79 Å². The number of benzene rings is 1. The number of ether oxygens (including phenoxy) is 2. The van der Waals surface area contributed by atoms with Gasteiger partial charge in [-0.05, 0) is 13.0 Å². The predicted molar refractivity (Wildman–Crippen MR) is 49.7 cm³/mol. The van der Waals surface area contributed by atoms with Crippen LogP contribution < -0.4 is 4.74 Å². The van der Waals surface area contributed by atoms with Crippen LogP contribution in [0.4, 0.5) is 0 Å². The summed E-state index contributed by atoms with van der Waals surface area (Å²) in [6.07, 6.45) is 0. The molecule has 0 aliphatic carbocycles. The van der Waals surface area contributed by atoms with Gasteiger partial charge >= 0.3 is 5.97 Å². The standard InChI is InChI=1S/C11H10O3/c1-2-13-11(12)9-7-14-10-6-4-3-5-8(9)10/h3-6,9H,2H2,1H3. The van der Waals surface area contributed by atoms with Gasteiger partial charge in [0.2, 0.25) is 6.61 Å². The highest BCUT2D eigenvalue weighted by atomic mass is 16.5. The Bertz CT molecular complexity index is 346. The van der Waals surface area contributed by atoms with Gasteiger partial charge in [-0.3, -0.25) is 4.79 Å². The molecule has 0 N–H and O–H groups in total. The topological polar surface area (TPSA) is 35.5 Å². The summed E-state index contributed by atoms with van der Waals surface area (Å²) < 4.78 is 10.0. The smallest absolute Gasteiger partial charge is 0.318 e. The first-order valence-electron chi connectivity index (χ1n) is 4.51. The average molecular weight is 190 g/mol. The Morgan fingerprint density at radius 2 is 2.36 bits per heavy atom. The zero-order valence-corrected chi connectivity index (χ0v) is 7.82. The molecule has 1 atom stereocenters. The lowest BCUT2D eigenvalue weighted by atomic mass is 10.0. The van der Waals surface area contributed by atoms with Crippen molar-refractivity contribution in [2.45, 2.75) is 12.8 Å². The lowest BCUT2D eigenvalue weighted by Crippen LogP contribution is -2.14. The fourth-order valence-electron chi connectivity index (χ4n) is 1.40. The molecule has 1 heterocycles. The first kappa shape index (κ1) is 9.06. The molecule has 1 aliphatic heterocycles. The molecule has 3 heteroatoms. The molecule has 0 fully saturated rings. The van der Waals surface area contributed by atoms with Crippen LogP contribution in [0.25, 0.3) is 0 Å². The van der Waals surface area contributed by atoms with Gasteiger partial charge in [0, 0.05) is 5.56 Å². The molecule has 1 aromatic rings. The summed E-state index contributed by atoms with van der Waals surface area (Å²) in [6, 6.07) is 7.37. The molecule has 0 saturated heterocycles. The predicted octanol–water partition coefficient (Wildman–Crippen LogP) is 1.76. The Labute approximate surface area is 82.6 Å². The van der Waals surface area contributed by atoms with E-state index >= 15 is 0 Å². The SMILES string of the molecule is CCOC(=O)C1[C]Oc2ccccc21. The van der Waals surface area contributed by atoms with Gasteiger partial charge in [0.25, 0.3) is 0 Å². The summed E-state index contributed by atoms with van der Waals surface area (Å²) in [7, 11) is 0. The average Bonchev–Trinajstić information content (AvgIpc) is 2.61. The third kappa shape index (κ3) is 1.45. The number of carbonyl (C=O) groups is 1. The molecule has 0 aromatic heterocycles. The van der Waals surface area contributed by atoms with Crippen molar-refractivity contribution >= 4 is 5.97 Å². The Hall–Kier alpha value is -1.51. The maximum absolute atomic E-state index is 11.4. The first-order chi connectivity index (χ1) is 6.83. The third-order valence-corrected chi connectivity index (χ3v) is 2.04. The highest BCUT2D eigenvalue weighted by Gasteiger charge is 2.32. The van der Waals surface area contributed by atoms with Gasteiger partial charge in [-0.1, -0.05) is 18.2 Å². The van der Waals surface area contributed by atoms with Gasteiger partial charge in [0.15, 0.2) is 0 Å². The van der Waals surface area contributed by atoms with E-state index in [4.69, 9.17) is 9.47 Å². The van der Waals surface area contributed by atoms with Crippen molar-refractivity contribution in [3.8, 4) is 5.75 Å². The molecule has 14 heavy (non-hydrogen) atoms. The molecule has 0 spiro atoms. The van der Waals surface area contributed by atoms with Gasteiger partial charge in [0.1, 0.15) is 11.7 Å². The van der Waals surface area contributed by atoms with Crippen molar-refractivity contribution in [1.29, 1.82) is 0 Å². The fraction of sp³-hybridized carbons (Fsp3) is 0.273. The van der Waals surface area contributed by atoms with E-state index in [2.05, 4.69) is 6.61 Å². The second kappa shape index (κ2) is 3.70. The van der Waals surface area contributed by atoms with Crippen LogP contribution in [-0.2, 0) is 9.53 Å². The van der Waals surface area contributed by atoms with E-state index in [0.717, 1.165) is 5.56 Å². The zero-order chi connectivity index (χ0) is 9.97. The van der Waals surface area contributed by atoms with E-state index < -0.39 is 5.92 Å². The highest BCUT2D eigenvalue weighted by Crippen LogP contribution is 2.36. The zero-order valence-electron chi connectivity index (χ0n) is 7.82. The van der Waals surface area contributed by atoms with Crippen molar-refractivity contribution in [1.82, 2.24) is 0 Å². The van der Waals surface area contributed by atoms with Crippen LogP contribution in [-0.4, -0.2) is 12.6 Å². The number of carbonyl (C=O) groups excluding carboxylic acids is 1. The molecule has 0 bridgehead atoms. The van der Waals surface area contributed by atoms with E-state index in [1.54, 1.807) is 6.92 Å². The van der Waals surface area contributed by atoms with E-state index in [-0.39, 0.29) is 5.97 Å². The van der Waals surface area contributed by atoms with Crippen molar-refractivity contribution in [3.05, 3.63) is 36.4 Å². The van der Waals surface area contributed by atoms with Gasteiger partial charge in [-0.25, -0.2) is 0 Å². The van der Waals surface area contributed by atoms with Gasteiger partial charge in [-0.2, -0.15) is 0 Å². The molecule has 2 radical (unpaired) electrons. The van der Waals surface area contributed by atoms with Gasteiger partial charge in [0.05, 0.1) is 6.61 Å². The van der Waals surface area contributed by atoms with Gasteiger partial charge in [-0.15, -0.1) is 0 Å². The minimum absolute atomic E-state index is 0.308. The minimum atomic E-state index is -0.494. The summed E-state index contributed by atoms with van der Waals surface area (Å²) >= 11 is 0. The van der Waals surface area contributed by atoms with Crippen molar-refractivity contribution in [3.63, 3.8) is 0 Å². The molecule has 1 aromatic carbocycles. The lowest BCUT2D eigenvalue weighted by molar-refractivity contribution is -0.144. The largest absolute Gasteiger partial charge is 0.477 e. The number of hydrogen-bond donors (Lipinski definition) is 0. The molecule has 72 valence electrons. The Morgan fingerprint density at radius 1 is 1.57 bits per heavy atom. The van der Waals surface area contributed by atoms with E-state index in [1.807, 2.05) is 24.3 Å². The Kier molecular flexibility index (Phi) is 2.39. The highest BCUT2D eigenvalue weighted by molar-refractivity contribution is 5.81. The molecule has 0 amide bonds. The summed E-state index contributed by atoms with van der Waals surface area (Å²) in [5.41, 5.74) is 0.825. The molecule has 3 nitrogen and oxygen atoms in total. The second-order valence-corrected chi connectivity index (χ2v) is 2.94. The monoisotopic (exact) mass is 190 g/mol. The van der Waals surface area contributed by atoms with Crippen LogP contribution in [0.15, 0.2) is 24.3 Å². The Morgan fingerprint density at radius 3 is 3.14 bits per heavy atom. The Balaban J connectivity index is 2.21. The summed E-state index contributed by atoms with van der Waals surface area (Å²) in [5.74, 6) is -0.117. The first-order valence-corrected chi connectivity index (χ1v) is 4.51. The van der Waals surface area contributed by atoms with Crippen LogP contribution >= 0.6 is 0 Å². The minimum Gasteiger partial charge on any atom is -0.477 e. The van der Waals surface area contributed by atoms with E-state index in [0.29, 0.717) is 12.4 Å². The fourth-order valence-corrected chi connectivity index (χ4v) is 1.40. The van der Waals surface area contributed by atoms with Crippen molar-refractivity contribution < 1.29 is 14.3 Å². The number of esters is 1. The van der Waals surface area contributed by atoms with Gasteiger partial charge < -0.3 is 9.47 Å². The lowest BCUT2D eigenvalue weighted by Gasteiger charge is -2.05. The molecular weight excluding hydrogens is 180 g/mol. The molecule has 1 aliphatic rings.